The van der Waals surface area contributed by atoms with E-state index in [2.05, 4.69) is 48.4 Å². The zero-order valence-corrected chi connectivity index (χ0v) is 21.5. The number of nitrogens with zero attached hydrogens (tertiary/aromatic N) is 2. The number of imide groups is 1. The van der Waals surface area contributed by atoms with Gasteiger partial charge < -0.3 is 19.9 Å². The smallest absolute Gasteiger partial charge is 0.322 e. The van der Waals surface area contributed by atoms with E-state index in [0.29, 0.717) is 19.6 Å². The molecule has 5 rings (SSSR count). The molecule has 2 fully saturated rings. The highest BCUT2D eigenvalue weighted by Crippen LogP contribution is 2.39. The van der Waals surface area contributed by atoms with Crippen LogP contribution in [-0.4, -0.2) is 59.9 Å². The van der Waals surface area contributed by atoms with Crippen molar-refractivity contribution in [3.8, 4) is 5.75 Å². The molecule has 2 saturated heterocycles. The molecule has 3 aliphatic heterocycles. The minimum absolute atomic E-state index is 0.0504. The summed E-state index contributed by atoms with van der Waals surface area (Å²) in [5.74, 6) is 0.123. The van der Waals surface area contributed by atoms with Gasteiger partial charge in [0.25, 0.3) is 5.91 Å². The largest absolute Gasteiger partial charge is 0.497 e. The number of rotatable bonds is 7. The molecule has 0 radical (unpaired) electrons. The van der Waals surface area contributed by atoms with Gasteiger partial charge in [0.2, 0.25) is 5.91 Å². The summed E-state index contributed by atoms with van der Waals surface area (Å²) < 4.78 is 5.35. The molecule has 3 heterocycles. The van der Waals surface area contributed by atoms with Crippen molar-refractivity contribution in [3.63, 3.8) is 0 Å². The molecule has 0 spiro atoms. The maximum Gasteiger partial charge on any atom is 0.322 e. The summed E-state index contributed by atoms with van der Waals surface area (Å²) in [5, 5.41) is 5.13. The lowest BCUT2D eigenvalue weighted by atomic mass is 9.71. The van der Waals surface area contributed by atoms with Crippen molar-refractivity contribution in [2.75, 3.05) is 26.7 Å². The van der Waals surface area contributed by atoms with Gasteiger partial charge in [-0.15, -0.1) is 0 Å². The Morgan fingerprint density at radius 2 is 1.84 bits per heavy atom. The minimum atomic E-state index is -1.36. The van der Waals surface area contributed by atoms with Gasteiger partial charge >= 0.3 is 6.03 Å². The number of piperidine rings is 1. The molecule has 3 aliphatic rings. The Balaban J connectivity index is 1.31. The van der Waals surface area contributed by atoms with Crippen LogP contribution < -0.4 is 15.4 Å². The quantitative estimate of drug-likeness (QED) is 0.567. The van der Waals surface area contributed by atoms with E-state index in [0.717, 1.165) is 41.8 Å². The molecule has 0 aliphatic carbocycles. The van der Waals surface area contributed by atoms with E-state index in [4.69, 9.17) is 4.74 Å². The number of carbonyl (C=O) groups is 3. The Labute approximate surface area is 217 Å². The lowest BCUT2D eigenvalue weighted by molar-refractivity contribution is -0.138. The highest BCUT2D eigenvalue weighted by molar-refractivity contribution is 6.09. The van der Waals surface area contributed by atoms with Gasteiger partial charge in [0.1, 0.15) is 11.3 Å². The molecule has 8 nitrogen and oxygen atoms in total. The Bertz CT molecular complexity index is 1240. The Kier molecular flexibility index (Phi) is 6.43. The maximum absolute atomic E-state index is 13.5. The van der Waals surface area contributed by atoms with Crippen LogP contribution in [0.15, 0.2) is 55.1 Å². The average molecular weight is 503 g/mol. The third kappa shape index (κ3) is 4.45. The molecule has 2 aromatic carbocycles. The van der Waals surface area contributed by atoms with Gasteiger partial charge in [-0.05, 0) is 47.9 Å². The first-order chi connectivity index (χ1) is 17.8. The number of benzene rings is 2. The fraction of sp³-hybridized carbons (Fsp3) is 0.414. The predicted molar refractivity (Wildman–Crippen MR) is 141 cm³/mol. The number of nitrogens with one attached hydrogen (secondary N) is 2. The van der Waals surface area contributed by atoms with E-state index in [-0.39, 0.29) is 24.3 Å². The topological polar surface area (TPSA) is 91.0 Å². The molecule has 0 saturated carbocycles. The van der Waals surface area contributed by atoms with Gasteiger partial charge in [0.05, 0.1) is 20.1 Å². The first-order valence-electron chi connectivity index (χ1n) is 12.9. The third-order valence-corrected chi connectivity index (χ3v) is 8.44. The van der Waals surface area contributed by atoms with Crippen LogP contribution in [0.25, 0.3) is 5.70 Å². The van der Waals surface area contributed by atoms with E-state index in [1.165, 1.54) is 5.56 Å². The van der Waals surface area contributed by atoms with Crippen molar-refractivity contribution in [1.82, 2.24) is 20.4 Å². The van der Waals surface area contributed by atoms with Crippen LogP contribution in [-0.2, 0) is 21.5 Å². The number of amides is 4. The monoisotopic (exact) mass is 502 g/mol. The molecule has 37 heavy (non-hydrogen) atoms. The zero-order valence-electron chi connectivity index (χ0n) is 21.5. The van der Waals surface area contributed by atoms with Crippen LogP contribution in [0.3, 0.4) is 0 Å². The fourth-order valence-corrected chi connectivity index (χ4v) is 6.05. The van der Waals surface area contributed by atoms with Crippen molar-refractivity contribution < 1.29 is 19.1 Å². The van der Waals surface area contributed by atoms with E-state index in [1.54, 1.807) is 7.11 Å². The number of likely N-dealkylation sites (tertiary alicyclic amines) is 1. The van der Waals surface area contributed by atoms with Gasteiger partial charge in [-0.3, -0.25) is 14.9 Å². The van der Waals surface area contributed by atoms with E-state index < -0.39 is 17.5 Å². The van der Waals surface area contributed by atoms with E-state index in [1.807, 2.05) is 34.1 Å². The summed E-state index contributed by atoms with van der Waals surface area (Å²) in [5.41, 5.74) is 2.75. The number of fused-ring (bicyclic) bond motifs is 1. The van der Waals surface area contributed by atoms with Gasteiger partial charge in [-0.2, -0.15) is 0 Å². The van der Waals surface area contributed by atoms with Crippen LogP contribution in [0.1, 0.15) is 49.3 Å². The summed E-state index contributed by atoms with van der Waals surface area (Å²) in [6.07, 6.45) is 2.64. The number of urea groups is 1. The molecule has 194 valence electrons. The van der Waals surface area contributed by atoms with Gasteiger partial charge in [-0.25, -0.2) is 4.79 Å². The molecule has 2 N–H and O–H groups in total. The maximum atomic E-state index is 13.5. The lowest BCUT2D eigenvalue weighted by Crippen LogP contribution is -2.57. The molecule has 1 atom stereocenters. The first-order valence-corrected chi connectivity index (χ1v) is 12.9. The molecule has 2 aromatic rings. The summed E-state index contributed by atoms with van der Waals surface area (Å²) >= 11 is 0. The number of hydrogen-bond donors (Lipinski definition) is 2. The highest BCUT2D eigenvalue weighted by Gasteiger charge is 2.50. The molecule has 0 bridgehead atoms. The Hall–Kier alpha value is -3.81. The zero-order chi connectivity index (χ0) is 26.2. The van der Waals surface area contributed by atoms with Crippen LogP contribution in [0.4, 0.5) is 4.79 Å². The van der Waals surface area contributed by atoms with Crippen molar-refractivity contribution in [3.05, 3.63) is 71.8 Å². The minimum Gasteiger partial charge on any atom is -0.497 e. The summed E-state index contributed by atoms with van der Waals surface area (Å²) in [6, 6.07) is 15.7. The lowest BCUT2D eigenvalue weighted by Gasteiger charge is -2.43. The molecular weight excluding hydrogens is 468 g/mol. The van der Waals surface area contributed by atoms with Crippen molar-refractivity contribution in [2.24, 2.45) is 0 Å². The summed E-state index contributed by atoms with van der Waals surface area (Å²) in [6.45, 7) is 8.36. The van der Waals surface area contributed by atoms with Crippen LogP contribution in [0.5, 0.6) is 5.75 Å². The summed E-state index contributed by atoms with van der Waals surface area (Å²) in [4.78, 5) is 42.7. The number of ether oxygens (including phenoxy) is 1. The number of methoxy groups -OCH3 is 1. The Morgan fingerprint density at radius 3 is 2.46 bits per heavy atom. The number of hydrogen-bond acceptors (Lipinski definition) is 5. The molecular formula is C29H34N4O4. The first kappa shape index (κ1) is 24.9. The SMILES string of the molecule is C=C1c2cc(OC)ccc2CN1CC1(CC(=O)N2CCC(CC)(c3ccccc3)CC2)NC(=O)NC1=O. The van der Waals surface area contributed by atoms with Gasteiger partial charge in [0, 0.05) is 30.9 Å². The molecule has 4 amide bonds. The standard InChI is InChI=1S/C29H34N4O4/c1-4-28(22-8-6-5-7-9-22)12-14-32(15-13-28)25(34)17-29(26(35)30-27(36)31-29)19-33-18-21-10-11-23(37-3)16-24(21)20(33)2/h5-11,16H,2,4,12-15,17-19H2,1,3H3,(H2,30,31,35,36). The van der Waals surface area contributed by atoms with E-state index in [9.17, 15) is 14.4 Å². The van der Waals surface area contributed by atoms with Crippen LogP contribution >= 0.6 is 0 Å². The summed E-state index contributed by atoms with van der Waals surface area (Å²) in [7, 11) is 1.61. The van der Waals surface area contributed by atoms with Crippen LogP contribution in [0, 0.1) is 0 Å². The van der Waals surface area contributed by atoms with Gasteiger partial charge in [0.15, 0.2) is 0 Å². The number of carbonyl (C=O) groups excluding carboxylic acids is 3. The van der Waals surface area contributed by atoms with E-state index >= 15 is 0 Å². The highest BCUT2D eigenvalue weighted by atomic mass is 16.5. The molecule has 8 heteroatoms. The second kappa shape index (κ2) is 9.57. The average Bonchev–Trinajstić information content (AvgIpc) is 3.37. The van der Waals surface area contributed by atoms with Crippen molar-refractivity contribution in [1.29, 1.82) is 0 Å². The van der Waals surface area contributed by atoms with Crippen molar-refractivity contribution in [2.45, 2.75) is 50.1 Å². The third-order valence-electron chi connectivity index (χ3n) is 8.44. The Morgan fingerprint density at radius 1 is 1.11 bits per heavy atom. The molecule has 0 aromatic heterocycles. The molecule has 1 unspecified atom stereocenters. The predicted octanol–water partition coefficient (Wildman–Crippen LogP) is 3.42. The second-order valence-corrected chi connectivity index (χ2v) is 10.4. The normalized spacial score (nSPS) is 22.5. The second-order valence-electron chi connectivity index (χ2n) is 10.4. The van der Waals surface area contributed by atoms with Gasteiger partial charge in [-0.1, -0.05) is 49.9 Å². The van der Waals surface area contributed by atoms with Crippen LogP contribution in [0.2, 0.25) is 0 Å². The van der Waals surface area contributed by atoms with Crippen molar-refractivity contribution >= 4 is 23.5 Å². The fourth-order valence-electron chi connectivity index (χ4n) is 6.05.